The first-order valence-electron chi connectivity index (χ1n) is 5.87. The quantitative estimate of drug-likeness (QED) is 0.694. The van der Waals surface area contributed by atoms with E-state index < -0.39 is 0 Å². The van der Waals surface area contributed by atoms with Gasteiger partial charge in [-0.05, 0) is 37.2 Å². The van der Waals surface area contributed by atoms with Gasteiger partial charge in [0, 0.05) is 12.6 Å². The van der Waals surface area contributed by atoms with E-state index >= 15 is 0 Å². The molecule has 0 aliphatic carbocycles. The molecule has 0 unspecified atom stereocenters. The molecule has 2 N–H and O–H groups in total. The molecule has 0 fully saturated rings. The van der Waals surface area contributed by atoms with Gasteiger partial charge in [0.05, 0.1) is 0 Å². The molecular weight excluding hydrogens is 203 g/mol. The summed E-state index contributed by atoms with van der Waals surface area (Å²) in [6.07, 6.45) is 1.11. The Kier molecular flexibility index (Phi) is 6.04. The fraction of sp³-hybridized carbons (Fsp3) is 0.538. The minimum absolute atomic E-state index is 0.176. The zero-order valence-corrected chi connectivity index (χ0v) is 10.1. The van der Waals surface area contributed by atoms with E-state index in [1.54, 1.807) is 0 Å². The second-order valence-electron chi connectivity index (χ2n) is 4.27. The third-order valence-electron chi connectivity index (χ3n) is 2.33. The Morgan fingerprint density at radius 3 is 2.44 bits per heavy atom. The van der Waals surface area contributed by atoms with E-state index in [-0.39, 0.29) is 5.82 Å². The molecule has 2 nitrogen and oxygen atoms in total. The predicted molar refractivity (Wildman–Crippen MR) is 65.9 cm³/mol. The van der Waals surface area contributed by atoms with Crippen molar-refractivity contribution in [3.63, 3.8) is 0 Å². The molecule has 0 atom stereocenters. The molecule has 0 spiro atoms. The second kappa shape index (κ2) is 7.36. The summed E-state index contributed by atoms with van der Waals surface area (Å²) >= 11 is 0. The maximum absolute atomic E-state index is 12.6. The van der Waals surface area contributed by atoms with E-state index in [9.17, 15) is 4.39 Å². The van der Waals surface area contributed by atoms with E-state index in [0.29, 0.717) is 6.04 Å². The van der Waals surface area contributed by atoms with Crippen molar-refractivity contribution in [2.24, 2.45) is 0 Å². The Morgan fingerprint density at radius 1 is 1.12 bits per heavy atom. The van der Waals surface area contributed by atoms with Crippen molar-refractivity contribution in [3.05, 3.63) is 35.6 Å². The maximum atomic E-state index is 12.6. The first-order valence-corrected chi connectivity index (χ1v) is 5.87. The molecule has 0 saturated heterocycles. The van der Waals surface area contributed by atoms with Crippen molar-refractivity contribution in [2.75, 3.05) is 13.1 Å². The summed E-state index contributed by atoms with van der Waals surface area (Å²) in [4.78, 5) is 0. The van der Waals surface area contributed by atoms with Crippen molar-refractivity contribution in [2.45, 2.75) is 32.9 Å². The molecule has 0 aliphatic rings. The molecule has 0 saturated carbocycles. The first kappa shape index (κ1) is 13.1. The van der Waals surface area contributed by atoms with Crippen molar-refractivity contribution >= 4 is 0 Å². The van der Waals surface area contributed by atoms with Gasteiger partial charge in [0.2, 0.25) is 0 Å². The van der Waals surface area contributed by atoms with Crippen molar-refractivity contribution in [1.29, 1.82) is 0 Å². The lowest BCUT2D eigenvalue weighted by Gasteiger charge is -2.08. The van der Waals surface area contributed by atoms with Gasteiger partial charge in [-0.3, -0.25) is 0 Å². The van der Waals surface area contributed by atoms with E-state index in [4.69, 9.17) is 0 Å². The number of benzene rings is 1. The van der Waals surface area contributed by atoms with E-state index in [2.05, 4.69) is 24.5 Å². The SMILES string of the molecule is CC(C)NCCCNCc1ccc(F)cc1. The third kappa shape index (κ3) is 5.83. The molecule has 0 bridgehead atoms. The largest absolute Gasteiger partial charge is 0.314 e. The van der Waals surface area contributed by atoms with Crippen LogP contribution in [0.4, 0.5) is 4.39 Å². The summed E-state index contributed by atoms with van der Waals surface area (Å²) < 4.78 is 12.6. The highest BCUT2D eigenvalue weighted by Crippen LogP contribution is 2.01. The summed E-state index contributed by atoms with van der Waals surface area (Å²) in [5.41, 5.74) is 1.12. The van der Waals surface area contributed by atoms with Crippen LogP contribution in [0, 0.1) is 5.82 Å². The van der Waals surface area contributed by atoms with Crippen molar-refractivity contribution < 1.29 is 4.39 Å². The Hall–Kier alpha value is -0.930. The topological polar surface area (TPSA) is 24.1 Å². The molecule has 1 aromatic rings. The molecule has 3 heteroatoms. The molecule has 0 aliphatic heterocycles. The van der Waals surface area contributed by atoms with E-state index in [1.165, 1.54) is 12.1 Å². The monoisotopic (exact) mass is 224 g/mol. The highest BCUT2D eigenvalue weighted by molar-refractivity contribution is 5.15. The Labute approximate surface area is 97.3 Å². The normalized spacial score (nSPS) is 11.0. The lowest BCUT2D eigenvalue weighted by molar-refractivity contribution is 0.547. The smallest absolute Gasteiger partial charge is 0.123 e. The van der Waals surface area contributed by atoms with Gasteiger partial charge < -0.3 is 10.6 Å². The molecular formula is C13H21FN2. The van der Waals surface area contributed by atoms with Crippen LogP contribution in [0.15, 0.2) is 24.3 Å². The molecule has 0 amide bonds. The Bertz CT molecular complexity index is 282. The van der Waals surface area contributed by atoms with Gasteiger partial charge in [0.15, 0.2) is 0 Å². The summed E-state index contributed by atoms with van der Waals surface area (Å²) in [6, 6.07) is 7.18. The lowest BCUT2D eigenvalue weighted by atomic mass is 10.2. The van der Waals surface area contributed by atoms with Gasteiger partial charge in [-0.2, -0.15) is 0 Å². The molecule has 90 valence electrons. The van der Waals surface area contributed by atoms with Gasteiger partial charge in [-0.1, -0.05) is 26.0 Å². The van der Waals surface area contributed by atoms with Crippen molar-refractivity contribution in [3.8, 4) is 0 Å². The number of nitrogens with one attached hydrogen (secondary N) is 2. The van der Waals surface area contributed by atoms with Gasteiger partial charge in [0.1, 0.15) is 5.82 Å². The lowest BCUT2D eigenvalue weighted by Crippen LogP contribution is -2.26. The van der Waals surface area contributed by atoms with Crippen LogP contribution < -0.4 is 10.6 Å². The molecule has 1 aromatic carbocycles. The molecule has 0 aromatic heterocycles. The standard InChI is InChI=1S/C13H21FN2/c1-11(2)16-9-3-8-15-10-12-4-6-13(14)7-5-12/h4-7,11,15-16H,3,8-10H2,1-2H3. The van der Waals surface area contributed by atoms with E-state index in [0.717, 1.165) is 31.6 Å². The molecule has 1 rings (SSSR count). The zero-order chi connectivity index (χ0) is 11.8. The molecule has 0 radical (unpaired) electrons. The van der Waals surface area contributed by atoms with Crippen LogP contribution in [0.25, 0.3) is 0 Å². The maximum Gasteiger partial charge on any atom is 0.123 e. The Morgan fingerprint density at radius 2 is 1.81 bits per heavy atom. The average Bonchev–Trinajstić information content (AvgIpc) is 2.25. The van der Waals surface area contributed by atoms with Crippen LogP contribution >= 0.6 is 0 Å². The van der Waals surface area contributed by atoms with Gasteiger partial charge >= 0.3 is 0 Å². The summed E-state index contributed by atoms with van der Waals surface area (Å²) in [7, 11) is 0. The summed E-state index contributed by atoms with van der Waals surface area (Å²) in [5, 5.41) is 6.69. The van der Waals surface area contributed by atoms with E-state index in [1.807, 2.05) is 12.1 Å². The minimum atomic E-state index is -0.176. The summed E-state index contributed by atoms with van der Waals surface area (Å²) in [6.45, 7) is 7.12. The fourth-order valence-electron chi connectivity index (χ4n) is 1.44. The number of hydrogen-bond donors (Lipinski definition) is 2. The average molecular weight is 224 g/mol. The number of halogens is 1. The van der Waals surface area contributed by atoms with Crippen LogP contribution in [-0.4, -0.2) is 19.1 Å². The van der Waals surface area contributed by atoms with Crippen molar-refractivity contribution in [1.82, 2.24) is 10.6 Å². The highest BCUT2D eigenvalue weighted by atomic mass is 19.1. The van der Waals surface area contributed by atoms with Gasteiger partial charge in [-0.25, -0.2) is 4.39 Å². The van der Waals surface area contributed by atoms with Crippen LogP contribution in [-0.2, 0) is 6.54 Å². The predicted octanol–water partition coefficient (Wildman–Crippen LogP) is 2.30. The van der Waals surface area contributed by atoms with Crippen LogP contribution in [0.3, 0.4) is 0 Å². The number of hydrogen-bond acceptors (Lipinski definition) is 2. The first-order chi connectivity index (χ1) is 7.68. The zero-order valence-electron chi connectivity index (χ0n) is 10.1. The Balaban J connectivity index is 2.05. The minimum Gasteiger partial charge on any atom is -0.314 e. The van der Waals surface area contributed by atoms with Crippen LogP contribution in [0.5, 0.6) is 0 Å². The highest BCUT2D eigenvalue weighted by Gasteiger charge is 1.94. The van der Waals surface area contributed by atoms with Gasteiger partial charge in [0.25, 0.3) is 0 Å². The van der Waals surface area contributed by atoms with Crippen LogP contribution in [0.1, 0.15) is 25.8 Å². The third-order valence-corrected chi connectivity index (χ3v) is 2.33. The molecule has 16 heavy (non-hydrogen) atoms. The van der Waals surface area contributed by atoms with Gasteiger partial charge in [-0.15, -0.1) is 0 Å². The summed E-state index contributed by atoms with van der Waals surface area (Å²) in [5.74, 6) is -0.176. The number of rotatable bonds is 7. The van der Waals surface area contributed by atoms with Crippen LogP contribution in [0.2, 0.25) is 0 Å². The fourth-order valence-corrected chi connectivity index (χ4v) is 1.44. The second-order valence-corrected chi connectivity index (χ2v) is 4.27. The molecule has 0 heterocycles.